The molecule has 0 bridgehead atoms. The monoisotopic (exact) mass is 131 g/mol. The number of hydrogen-bond donors (Lipinski definition) is 2. The third-order valence-electron chi connectivity index (χ3n) is 0.984. The third-order valence-corrected chi connectivity index (χ3v) is 0.984. The van der Waals surface area contributed by atoms with E-state index < -0.39 is 5.60 Å². The summed E-state index contributed by atoms with van der Waals surface area (Å²) >= 11 is 0. The van der Waals surface area contributed by atoms with Gasteiger partial charge >= 0.3 is 0 Å². The summed E-state index contributed by atoms with van der Waals surface area (Å²) in [5.41, 5.74) is -0.560. The topological polar surface area (TPSA) is 32.3 Å². The highest BCUT2D eigenvalue weighted by Gasteiger charge is 2.09. The predicted molar refractivity (Wildman–Crippen MR) is 39.5 cm³/mol. The van der Waals surface area contributed by atoms with Crippen molar-refractivity contribution < 1.29 is 5.11 Å². The molecule has 0 saturated heterocycles. The van der Waals surface area contributed by atoms with Gasteiger partial charge in [-0.15, -0.1) is 0 Å². The Morgan fingerprint density at radius 1 is 1.44 bits per heavy atom. The van der Waals surface area contributed by atoms with Gasteiger partial charge in [-0.3, -0.25) is 0 Å². The van der Waals surface area contributed by atoms with E-state index in [1.807, 2.05) is 0 Å². The minimum Gasteiger partial charge on any atom is -0.389 e. The van der Waals surface area contributed by atoms with E-state index in [1.165, 1.54) is 0 Å². The van der Waals surface area contributed by atoms with Gasteiger partial charge in [-0.2, -0.15) is 0 Å². The second-order valence-electron chi connectivity index (χ2n) is 2.99. The summed E-state index contributed by atoms with van der Waals surface area (Å²) in [5.74, 6) is 0. The molecule has 0 aromatic rings. The first-order chi connectivity index (χ1) is 4.06. The molecule has 0 aromatic carbocycles. The first kappa shape index (κ1) is 8.92. The molecule has 0 spiro atoms. The van der Waals surface area contributed by atoms with E-state index in [9.17, 15) is 5.11 Å². The van der Waals surface area contributed by atoms with Crippen LogP contribution < -0.4 is 5.32 Å². The van der Waals surface area contributed by atoms with E-state index in [0.29, 0.717) is 6.54 Å². The van der Waals surface area contributed by atoms with E-state index in [0.717, 1.165) is 13.0 Å². The Balaban J connectivity index is 3.07. The maximum absolute atomic E-state index is 9.18. The molecule has 0 aliphatic rings. The minimum atomic E-state index is -0.560. The van der Waals surface area contributed by atoms with Crippen LogP contribution in [0.1, 0.15) is 27.2 Å². The van der Waals surface area contributed by atoms with Gasteiger partial charge in [0.25, 0.3) is 0 Å². The zero-order chi connectivity index (χ0) is 7.33. The summed E-state index contributed by atoms with van der Waals surface area (Å²) in [4.78, 5) is 0. The molecule has 0 aliphatic heterocycles. The third kappa shape index (κ3) is 7.92. The van der Waals surface area contributed by atoms with Crippen LogP contribution in [0.15, 0.2) is 0 Å². The zero-order valence-electron chi connectivity index (χ0n) is 6.57. The Bertz CT molecular complexity index is 65.8. The number of aliphatic hydroxyl groups is 1. The SMILES string of the molecule is CCCNCC(C)(C)O. The largest absolute Gasteiger partial charge is 0.389 e. The lowest BCUT2D eigenvalue weighted by molar-refractivity contribution is 0.0801. The average molecular weight is 131 g/mol. The lowest BCUT2D eigenvalue weighted by Crippen LogP contribution is -2.34. The van der Waals surface area contributed by atoms with Gasteiger partial charge in [0.05, 0.1) is 5.60 Å². The van der Waals surface area contributed by atoms with Gasteiger partial charge in [0.15, 0.2) is 0 Å². The van der Waals surface area contributed by atoms with Crippen LogP contribution in [0.4, 0.5) is 0 Å². The summed E-state index contributed by atoms with van der Waals surface area (Å²) in [5, 5.41) is 12.3. The average Bonchev–Trinajstić information content (AvgIpc) is 1.63. The molecule has 9 heavy (non-hydrogen) atoms. The van der Waals surface area contributed by atoms with E-state index in [-0.39, 0.29) is 0 Å². The highest BCUT2D eigenvalue weighted by atomic mass is 16.3. The molecule has 0 unspecified atom stereocenters. The summed E-state index contributed by atoms with van der Waals surface area (Å²) in [7, 11) is 0. The van der Waals surface area contributed by atoms with Gasteiger partial charge in [0.1, 0.15) is 0 Å². The Morgan fingerprint density at radius 3 is 2.33 bits per heavy atom. The molecule has 2 N–H and O–H groups in total. The molecule has 0 atom stereocenters. The Kier molecular flexibility index (Phi) is 3.82. The van der Waals surface area contributed by atoms with E-state index in [2.05, 4.69) is 12.2 Å². The molecular formula is C7H17NO. The maximum atomic E-state index is 9.18. The summed E-state index contributed by atoms with van der Waals surface area (Å²) in [6, 6.07) is 0. The zero-order valence-corrected chi connectivity index (χ0v) is 6.57. The van der Waals surface area contributed by atoms with Crippen LogP contribution in [-0.4, -0.2) is 23.8 Å². The van der Waals surface area contributed by atoms with Crippen LogP contribution in [0.2, 0.25) is 0 Å². The summed E-state index contributed by atoms with van der Waals surface area (Å²) in [6.07, 6.45) is 1.12. The molecule has 0 saturated carbocycles. The van der Waals surface area contributed by atoms with Gasteiger partial charge in [-0.05, 0) is 26.8 Å². The van der Waals surface area contributed by atoms with Crippen LogP contribution in [0.3, 0.4) is 0 Å². The molecule has 0 aliphatic carbocycles. The lowest BCUT2D eigenvalue weighted by atomic mass is 10.1. The standard InChI is InChI=1S/C7H17NO/c1-4-5-8-6-7(2,3)9/h8-9H,4-6H2,1-3H3. The van der Waals surface area contributed by atoms with Crippen molar-refractivity contribution in [3.05, 3.63) is 0 Å². The second kappa shape index (κ2) is 3.85. The highest BCUT2D eigenvalue weighted by molar-refractivity contribution is 4.67. The fraction of sp³-hybridized carbons (Fsp3) is 1.00. The second-order valence-corrected chi connectivity index (χ2v) is 2.99. The van der Waals surface area contributed by atoms with Crippen LogP contribution in [0.5, 0.6) is 0 Å². The Hall–Kier alpha value is -0.0800. The fourth-order valence-corrected chi connectivity index (χ4v) is 0.571. The van der Waals surface area contributed by atoms with E-state index in [1.54, 1.807) is 13.8 Å². The van der Waals surface area contributed by atoms with Crippen LogP contribution in [-0.2, 0) is 0 Å². The van der Waals surface area contributed by atoms with Crippen molar-refractivity contribution in [3.63, 3.8) is 0 Å². The molecule has 0 fully saturated rings. The predicted octanol–water partition coefficient (Wildman–Crippen LogP) is 0.757. The van der Waals surface area contributed by atoms with Crippen molar-refractivity contribution in [2.24, 2.45) is 0 Å². The van der Waals surface area contributed by atoms with Crippen LogP contribution in [0, 0.1) is 0 Å². The van der Waals surface area contributed by atoms with Crippen molar-refractivity contribution >= 4 is 0 Å². The molecular weight excluding hydrogens is 114 g/mol. The van der Waals surface area contributed by atoms with Gasteiger partial charge in [0, 0.05) is 6.54 Å². The van der Waals surface area contributed by atoms with Crippen molar-refractivity contribution in [3.8, 4) is 0 Å². The lowest BCUT2D eigenvalue weighted by Gasteiger charge is -2.16. The first-order valence-corrected chi connectivity index (χ1v) is 3.49. The Labute approximate surface area is 57.3 Å². The van der Waals surface area contributed by atoms with E-state index >= 15 is 0 Å². The number of rotatable bonds is 4. The normalized spacial score (nSPS) is 12.0. The van der Waals surface area contributed by atoms with E-state index in [4.69, 9.17) is 0 Å². The van der Waals surface area contributed by atoms with Crippen LogP contribution >= 0.6 is 0 Å². The molecule has 0 heterocycles. The van der Waals surface area contributed by atoms with Crippen molar-refractivity contribution in [1.29, 1.82) is 0 Å². The van der Waals surface area contributed by atoms with Gasteiger partial charge in [-0.25, -0.2) is 0 Å². The van der Waals surface area contributed by atoms with Gasteiger partial charge < -0.3 is 10.4 Å². The van der Waals surface area contributed by atoms with Crippen molar-refractivity contribution in [2.45, 2.75) is 32.8 Å². The van der Waals surface area contributed by atoms with Crippen LogP contribution in [0.25, 0.3) is 0 Å². The summed E-state index contributed by atoms with van der Waals surface area (Å²) in [6.45, 7) is 7.38. The van der Waals surface area contributed by atoms with Crippen molar-refractivity contribution in [1.82, 2.24) is 5.32 Å². The molecule has 0 aromatic heterocycles. The molecule has 0 rings (SSSR count). The maximum Gasteiger partial charge on any atom is 0.0715 e. The number of nitrogens with one attached hydrogen (secondary N) is 1. The molecule has 56 valence electrons. The van der Waals surface area contributed by atoms with Gasteiger partial charge in [-0.1, -0.05) is 6.92 Å². The van der Waals surface area contributed by atoms with Gasteiger partial charge in [0.2, 0.25) is 0 Å². The number of hydrogen-bond acceptors (Lipinski definition) is 2. The molecule has 0 radical (unpaired) electrons. The molecule has 2 nitrogen and oxygen atoms in total. The first-order valence-electron chi connectivity index (χ1n) is 3.49. The minimum absolute atomic E-state index is 0.560. The smallest absolute Gasteiger partial charge is 0.0715 e. The molecule has 2 heteroatoms. The summed E-state index contributed by atoms with van der Waals surface area (Å²) < 4.78 is 0. The Morgan fingerprint density at radius 2 is 2.00 bits per heavy atom. The molecule has 0 amide bonds. The highest BCUT2D eigenvalue weighted by Crippen LogP contribution is 1.96. The quantitative estimate of drug-likeness (QED) is 0.552. The fourth-order valence-electron chi connectivity index (χ4n) is 0.571. The van der Waals surface area contributed by atoms with Crippen molar-refractivity contribution in [2.75, 3.05) is 13.1 Å².